The molecular weight excluding hydrogens is 292 g/mol. The van der Waals surface area contributed by atoms with Gasteiger partial charge in [-0.15, -0.1) is 0 Å². The summed E-state index contributed by atoms with van der Waals surface area (Å²) in [5.41, 5.74) is 1.17. The number of methoxy groups -OCH3 is 1. The molecule has 1 heterocycles. The Morgan fingerprint density at radius 3 is 2.95 bits per heavy atom. The molecule has 20 heavy (non-hydrogen) atoms. The number of nitrogens with one attached hydrogen (secondary N) is 1. The van der Waals surface area contributed by atoms with Gasteiger partial charge >= 0.3 is 0 Å². The number of aromatic nitrogens is 1. The second kappa shape index (κ2) is 8.27. The maximum absolute atomic E-state index is 6.08. The molecule has 1 aromatic heterocycles. The summed E-state index contributed by atoms with van der Waals surface area (Å²) < 4.78 is 5.03. The Kier molecular flexibility index (Phi) is 6.33. The van der Waals surface area contributed by atoms with E-state index in [1.165, 1.54) is 5.56 Å². The smallest absolute Gasteiger partial charge is 0.101 e. The van der Waals surface area contributed by atoms with E-state index in [1.54, 1.807) is 25.1 Å². The highest BCUT2D eigenvalue weighted by atomic mass is 35.5. The van der Waals surface area contributed by atoms with Gasteiger partial charge in [0, 0.05) is 36.3 Å². The van der Waals surface area contributed by atoms with Crippen molar-refractivity contribution in [2.75, 3.05) is 20.3 Å². The number of nitrogens with zero attached hydrogens (tertiary/aromatic N) is 1. The summed E-state index contributed by atoms with van der Waals surface area (Å²) >= 11 is 7.73. The summed E-state index contributed by atoms with van der Waals surface area (Å²) in [5.74, 6) is 0. The van der Waals surface area contributed by atoms with Crippen LogP contribution in [0.4, 0.5) is 0 Å². The van der Waals surface area contributed by atoms with Crippen molar-refractivity contribution in [1.82, 2.24) is 10.3 Å². The minimum absolute atomic E-state index is 0.698. The van der Waals surface area contributed by atoms with Crippen LogP contribution in [0, 0.1) is 0 Å². The number of ether oxygens (including phenoxy) is 1. The Balaban J connectivity index is 2.07. The molecule has 0 fully saturated rings. The monoisotopic (exact) mass is 308 g/mol. The Hall–Kier alpha value is -1.07. The minimum atomic E-state index is 0.698. The first kappa shape index (κ1) is 15.3. The van der Waals surface area contributed by atoms with Gasteiger partial charge in [-0.1, -0.05) is 29.4 Å². The Bertz CT molecular complexity index is 537. The summed E-state index contributed by atoms with van der Waals surface area (Å²) in [7, 11) is 1.70. The van der Waals surface area contributed by atoms with Crippen LogP contribution in [0.15, 0.2) is 52.5 Å². The highest BCUT2D eigenvalue weighted by Crippen LogP contribution is 2.30. The second-order valence-corrected chi connectivity index (χ2v) is 5.69. The average molecular weight is 309 g/mol. The molecule has 106 valence electrons. The van der Waals surface area contributed by atoms with Gasteiger partial charge in [0.15, 0.2) is 0 Å². The van der Waals surface area contributed by atoms with Gasteiger partial charge in [-0.25, -0.2) is 4.98 Å². The van der Waals surface area contributed by atoms with Crippen molar-refractivity contribution in [3.8, 4) is 0 Å². The Labute approximate surface area is 128 Å². The van der Waals surface area contributed by atoms with Gasteiger partial charge in [0.1, 0.15) is 5.03 Å². The summed E-state index contributed by atoms with van der Waals surface area (Å²) in [6, 6.07) is 11.8. The zero-order chi connectivity index (χ0) is 14.2. The van der Waals surface area contributed by atoms with Gasteiger partial charge in [0.05, 0.1) is 6.61 Å². The molecule has 0 aliphatic rings. The van der Waals surface area contributed by atoms with Gasteiger partial charge in [0.2, 0.25) is 0 Å². The van der Waals surface area contributed by atoms with E-state index in [0.29, 0.717) is 6.61 Å². The number of pyridine rings is 1. The zero-order valence-corrected chi connectivity index (χ0v) is 12.9. The number of halogens is 1. The highest BCUT2D eigenvalue weighted by molar-refractivity contribution is 7.99. The average Bonchev–Trinajstić information content (AvgIpc) is 2.47. The van der Waals surface area contributed by atoms with Crippen LogP contribution in [-0.4, -0.2) is 25.2 Å². The van der Waals surface area contributed by atoms with Crippen LogP contribution in [0.25, 0.3) is 0 Å². The molecule has 0 aliphatic heterocycles. The van der Waals surface area contributed by atoms with Gasteiger partial charge < -0.3 is 10.1 Å². The van der Waals surface area contributed by atoms with Crippen LogP contribution in [0.2, 0.25) is 5.02 Å². The molecular formula is C15H17ClN2OS. The van der Waals surface area contributed by atoms with Crippen molar-refractivity contribution in [1.29, 1.82) is 0 Å². The van der Waals surface area contributed by atoms with Crippen molar-refractivity contribution in [3.63, 3.8) is 0 Å². The molecule has 0 aliphatic carbocycles. The molecule has 0 radical (unpaired) electrons. The SMILES string of the molecule is COCCNCc1cc(Cl)ccc1Sc1ccccn1. The van der Waals surface area contributed by atoms with Crippen LogP contribution in [0.3, 0.4) is 0 Å². The third kappa shape index (κ3) is 4.80. The molecule has 1 aromatic carbocycles. The van der Waals surface area contributed by atoms with E-state index >= 15 is 0 Å². The molecule has 0 saturated heterocycles. The van der Waals surface area contributed by atoms with E-state index in [4.69, 9.17) is 16.3 Å². The van der Waals surface area contributed by atoms with Crippen molar-refractivity contribution in [2.45, 2.75) is 16.5 Å². The fraction of sp³-hybridized carbons (Fsp3) is 0.267. The van der Waals surface area contributed by atoms with Crippen molar-refractivity contribution < 1.29 is 4.74 Å². The third-order valence-electron chi connectivity index (χ3n) is 2.67. The minimum Gasteiger partial charge on any atom is -0.383 e. The van der Waals surface area contributed by atoms with Crippen molar-refractivity contribution in [3.05, 3.63) is 53.2 Å². The van der Waals surface area contributed by atoms with Crippen LogP contribution >= 0.6 is 23.4 Å². The summed E-state index contributed by atoms with van der Waals surface area (Å²) in [4.78, 5) is 5.50. The van der Waals surface area contributed by atoms with E-state index in [9.17, 15) is 0 Å². The lowest BCUT2D eigenvalue weighted by molar-refractivity contribution is 0.199. The predicted octanol–water partition coefficient (Wildman–Crippen LogP) is 3.62. The molecule has 3 nitrogen and oxygen atoms in total. The van der Waals surface area contributed by atoms with Crippen LogP contribution in [-0.2, 0) is 11.3 Å². The molecule has 0 amide bonds. The second-order valence-electron chi connectivity index (χ2n) is 4.19. The molecule has 1 N–H and O–H groups in total. The number of hydrogen-bond donors (Lipinski definition) is 1. The Morgan fingerprint density at radius 2 is 2.20 bits per heavy atom. The zero-order valence-electron chi connectivity index (χ0n) is 11.3. The van der Waals surface area contributed by atoms with Gasteiger partial charge in [-0.3, -0.25) is 0 Å². The molecule has 0 bridgehead atoms. The third-order valence-corrected chi connectivity index (χ3v) is 3.98. The highest BCUT2D eigenvalue weighted by Gasteiger charge is 2.06. The number of benzene rings is 1. The molecule has 2 rings (SSSR count). The largest absolute Gasteiger partial charge is 0.383 e. The first-order valence-corrected chi connectivity index (χ1v) is 7.56. The molecule has 5 heteroatoms. The van der Waals surface area contributed by atoms with Crippen LogP contribution in [0.5, 0.6) is 0 Å². The first-order valence-electron chi connectivity index (χ1n) is 6.36. The van der Waals surface area contributed by atoms with E-state index in [0.717, 1.165) is 28.0 Å². The van der Waals surface area contributed by atoms with Gasteiger partial charge in [-0.05, 0) is 35.9 Å². The summed E-state index contributed by atoms with van der Waals surface area (Å²) in [5, 5.41) is 5.07. The van der Waals surface area contributed by atoms with Crippen LogP contribution < -0.4 is 5.32 Å². The fourth-order valence-corrected chi connectivity index (χ4v) is 2.78. The lowest BCUT2D eigenvalue weighted by atomic mass is 10.2. The van der Waals surface area contributed by atoms with E-state index < -0.39 is 0 Å². The lowest BCUT2D eigenvalue weighted by Crippen LogP contribution is -2.18. The topological polar surface area (TPSA) is 34.1 Å². The molecule has 0 saturated carbocycles. The predicted molar refractivity (Wildman–Crippen MR) is 83.4 cm³/mol. The van der Waals surface area contributed by atoms with E-state index in [-0.39, 0.29) is 0 Å². The maximum Gasteiger partial charge on any atom is 0.101 e. The molecule has 2 aromatic rings. The van der Waals surface area contributed by atoms with E-state index in [1.807, 2.05) is 36.4 Å². The number of rotatable bonds is 7. The molecule has 0 unspecified atom stereocenters. The Morgan fingerprint density at radius 1 is 1.30 bits per heavy atom. The van der Waals surface area contributed by atoms with Crippen molar-refractivity contribution >= 4 is 23.4 Å². The van der Waals surface area contributed by atoms with Gasteiger partial charge in [0.25, 0.3) is 0 Å². The molecule has 0 atom stereocenters. The standard InChI is InChI=1S/C15H17ClN2OS/c1-19-9-8-17-11-12-10-13(16)5-6-14(12)20-15-4-2-3-7-18-15/h2-7,10,17H,8-9,11H2,1H3. The number of hydrogen-bond acceptors (Lipinski definition) is 4. The maximum atomic E-state index is 6.08. The molecule has 0 spiro atoms. The van der Waals surface area contributed by atoms with Gasteiger partial charge in [-0.2, -0.15) is 0 Å². The van der Waals surface area contributed by atoms with E-state index in [2.05, 4.69) is 10.3 Å². The summed E-state index contributed by atoms with van der Waals surface area (Å²) in [6.45, 7) is 2.28. The fourth-order valence-electron chi connectivity index (χ4n) is 1.70. The lowest BCUT2D eigenvalue weighted by Gasteiger charge is -2.10. The van der Waals surface area contributed by atoms with Crippen molar-refractivity contribution in [2.24, 2.45) is 0 Å². The quantitative estimate of drug-likeness (QED) is 0.792. The first-order chi connectivity index (χ1) is 9.79. The summed E-state index contributed by atoms with van der Waals surface area (Å²) in [6.07, 6.45) is 1.80. The normalized spacial score (nSPS) is 10.7. The van der Waals surface area contributed by atoms with Crippen LogP contribution in [0.1, 0.15) is 5.56 Å².